The third-order valence-corrected chi connectivity index (χ3v) is 3.08. The fourth-order valence-corrected chi connectivity index (χ4v) is 2.25. The van der Waals surface area contributed by atoms with E-state index in [2.05, 4.69) is 37.0 Å². The summed E-state index contributed by atoms with van der Waals surface area (Å²) in [6.07, 6.45) is -4.40. The van der Waals surface area contributed by atoms with E-state index in [1.165, 1.54) is 0 Å². The van der Waals surface area contributed by atoms with Gasteiger partial charge in [0.25, 0.3) is 0 Å². The first-order valence-corrected chi connectivity index (χ1v) is 5.28. The summed E-state index contributed by atoms with van der Waals surface area (Å²) in [4.78, 5) is 0. The van der Waals surface area contributed by atoms with E-state index in [9.17, 15) is 13.2 Å². The van der Waals surface area contributed by atoms with Gasteiger partial charge in [0.2, 0.25) is 0 Å². The Morgan fingerprint density at radius 3 is 2.33 bits per heavy atom. The molecule has 0 spiro atoms. The van der Waals surface area contributed by atoms with Gasteiger partial charge < -0.3 is 0 Å². The van der Waals surface area contributed by atoms with E-state index in [1.807, 2.05) is 0 Å². The van der Waals surface area contributed by atoms with Gasteiger partial charge >= 0.3 is 6.18 Å². The molecular formula is C7H4Br2F3N3. The molecule has 0 aromatic carbocycles. The van der Waals surface area contributed by atoms with Crippen LogP contribution in [0.3, 0.4) is 0 Å². The van der Waals surface area contributed by atoms with E-state index >= 15 is 0 Å². The highest BCUT2D eigenvalue weighted by atomic mass is 79.9. The predicted molar refractivity (Wildman–Crippen MR) is 53.1 cm³/mol. The molecule has 82 valence electrons. The number of halogens is 5. The summed E-state index contributed by atoms with van der Waals surface area (Å²) in [6.45, 7) is 0.964. The van der Waals surface area contributed by atoms with E-state index in [1.54, 1.807) is 6.07 Å². The molecule has 1 aromatic heterocycles. The fourth-order valence-electron chi connectivity index (χ4n) is 0.876. The lowest BCUT2D eigenvalue weighted by atomic mass is 10.3. The normalized spacial score (nSPS) is 13.7. The first kappa shape index (κ1) is 12.5. The van der Waals surface area contributed by atoms with Crippen LogP contribution in [0.25, 0.3) is 0 Å². The molecule has 0 aliphatic carbocycles. The van der Waals surface area contributed by atoms with Crippen LogP contribution in [0.1, 0.15) is 18.5 Å². The molecule has 0 aliphatic heterocycles. The van der Waals surface area contributed by atoms with Gasteiger partial charge in [-0.15, -0.1) is 0 Å². The maximum absolute atomic E-state index is 12.4. The van der Waals surface area contributed by atoms with E-state index in [0.717, 1.165) is 6.92 Å². The SMILES string of the molecule is C[C@H](n1nc(Br)c(C#N)c1Br)C(F)(F)F. The number of hydrogen-bond acceptors (Lipinski definition) is 2. The molecule has 0 N–H and O–H groups in total. The van der Waals surface area contributed by atoms with Crippen molar-refractivity contribution in [1.29, 1.82) is 5.26 Å². The molecule has 0 radical (unpaired) electrons. The molecule has 0 saturated carbocycles. The third kappa shape index (κ3) is 2.34. The number of hydrogen-bond donors (Lipinski definition) is 0. The molecular weight excluding hydrogens is 343 g/mol. The van der Waals surface area contributed by atoms with Gasteiger partial charge in [-0.25, -0.2) is 4.68 Å². The number of alkyl halides is 3. The number of nitriles is 1. The first-order chi connectivity index (χ1) is 6.79. The minimum atomic E-state index is -4.40. The molecule has 1 rings (SSSR count). The van der Waals surface area contributed by atoms with E-state index in [0.29, 0.717) is 4.68 Å². The predicted octanol–water partition coefficient (Wildman–Crippen LogP) is 3.40. The van der Waals surface area contributed by atoms with Crippen molar-refractivity contribution in [3.63, 3.8) is 0 Å². The van der Waals surface area contributed by atoms with Crippen LogP contribution in [0.5, 0.6) is 0 Å². The van der Waals surface area contributed by atoms with Gasteiger partial charge in [0.1, 0.15) is 26.9 Å². The van der Waals surface area contributed by atoms with Crippen molar-refractivity contribution < 1.29 is 13.2 Å². The lowest BCUT2D eigenvalue weighted by Crippen LogP contribution is -2.24. The molecule has 0 aliphatic rings. The molecule has 0 fully saturated rings. The number of rotatable bonds is 1. The van der Waals surface area contributed by atoms with Crippen LogP contribution in [-0.2, 0) is 0 Å². The largest absolute Gasteiger partial charge is 0.410 e. The van der Waals surface area contributed by atoms with Gasteiger partial charge in [-0.1, -0.05) is 0 Å². The summed E-state index contributed by atoms with van der Waals surface area (Å²) in [7, 11) is 0. The molecule has 0 saturated heterocycles. The minimum absolute atomic E-state index is 0.0155. The monoisotopic (exact) mass is 345 g/mol. The van der Waals surface area contributed by atoms with E-state index < -0.39 is 12.2 Å². The molecule has 1 atom stereocenters. The van der Waals surface area contributed by atoms with Crippen molar-refractivity contribution in [2.45, 2.75) is 19.1 Å². The molecule has 15 heavy (non-hydrogen) atoms. The van der Waals surface area contributed by atoms with Gasteiger partial charge in [-0.05, 0) is 38.8 Å². The fraction of sp³-hybridized carbons (Fsp3) is 0.429. The van der Waals surface area contributed by atoms with Crippen molar-refractivity contribution in [3.05, 3.63) is 14.8 Å². The van der Waals surface area contributed by atoms with Gasteiger partial charge in [0, 0.05) is 0 Å². The van der Waals surface area contributed by atoms with Crippen LogP contribution in [0.2, 0.25) is 0 Å². The maximum atomic E-state index is 12.4. The molecule has 1 aromatic rings. The summed E-state index contributed by atoms with van der Waals surface area (Å²) < 4.78 is 38.0. The highest BCUT2D eigenvalue weighted by molar-refractivity contribution is 9.11. The Morgan fingerprint density at radius 2 is 2.00 bits per heavy atom. The molecule has 0 unspecified atom stereocenters. The van der Waals surface area contributed by atoms with Crippen LogP contribution in [0.15, 0.2) is 9.21 Å². The second-order valence-corrected chi connectivity index (χ2v) is 4.23. The minimum Gasteiger partial charge on any atom is -0.244 e. The van der Waals surface area contributed by atoms with Crippen LogP contribution < -0.4 is 0 Å². The lowest BCUT2D eigenvalue weighted by molar-refractivity contribution is -0.165. The average Bonchev–Trinajstić information content (AvgIpc) is 2.39. The Balaban J connectivity index is 3.24. The van der Waals surface area contributed by atoms with Crippen molar-refractivity contribution in [2.24, 2.45) is 0 Å². The highest BCUT2D eigenvalue weighted by Crippen LogP contribution is 2.34. The van der Waals surface area contributed by atoms with Gasteiger partial charge in [-0.2, -0.15) is 23.5 Å². The van der Waals surface area contributed by atoms with Crippen LogP contribution >= 0.6 is 31.9 Å². The topological polar surface area (TPSA) is 41.6 Å². The summed E-state index contributed by atoms with van der Waals surface area (Å²) >= 11 is 5.81. The summed E-state index contributed by atoms with van der Waals surface area (Å²) in [5.74, 6) is 0. The first-order valence-electron chi connectivity index (χ1n) is 3.69. The zero-order valence-electron chi connectivity index (χ0n) is 7.31. The van der Waals surface area contributed by atoms with Crippen molar-refractivity contribution in [1.82, 2.24) is 9.78 Å². The Kier molecular flexibility index (Phi) is 3.45. The molecule has 0 amide bonds. The zero-order valence-corrected chi connectivity index (χ0v) is 10.5. The van der Waals surface area contributed by atoms with Crippen molar-refractivity contribution in [2.75, 3.05) is 0 Å². The van der Waals surface area contributed by atoms with Crippen LogP contribution in [-0.4, -0.2) is 16.0 Å². The number of nitrogens with zero attached hydrogens (tertiary/aromatic N) is 3. The van der Waals surface area contributed by atoms with E-state index in [4.69, 9.17) is 5.26 Å². The van der Waals surface area contributed by atoms with Crippen LogP contribution in [0, 0.1) is 11.3 Å². The zero-order chi connectivity index (χ0) is 11.8. The average molecular weight is 347 g/mol. The molecule has 8 heteroatoms. The molecule has 3 nitrogen and oxygen atoms in total. The van der Waals surface area contributed by atoms with Gasteiger partial charge in [0.15, 0.2) is 0 Å². The summed E-state index contributed by atoms with van der Waals surface area (Å²) in [5.41, 5.74) is 0.0473. The van der Waals surface area contributed by atoms with Crippen LogP contribution in [0.4, 0.5) is 13.2 Å². The lowest BCUT2D eigenvalue weighted by Gasteiger charge is -2.16. The Labute approximate surface area is 100 Å². The Hall–Kier alpha value is -0.550. The smallest absolute Gasteiger partial charge is 0.244 e. The third-order valence-electron chi connectivity index (χ3n) is 1.76. The number of aromatic nitrogens is 2. The van der Waals surface area contributed by atoms with Crippen molar-refractivity contribution >= 4 is 31.9 Å². The van der Waals surface area contributed by atoms with Gasteiger partial charge in [-0.3, -0.25) is 0 Å². The second-order valence-electron chi connectivity index (χ2n) is 2.73. The Morgan fingerprint density at radius 1 is 1.47 bits per heavy atom. The molecule has 1 heterocycles. The van der Waals surface area contributed by atoms with Gasteiger partial charge in [0.05, 0.1) is 0 Å². The van der Waals surface area contributed by atoms with E-state index in [-0.39, 0.29) is 14.8 Å². The standard InChI is InChI=1S/C7H4Br2F3N3/c1-3(7(10,11)12)15-6(9)4(2-13)5(8)14-15/h3H,1H3/t3-/m0/s1. The Bertz CT molecular complexity index is 418. The summed E-state index contributed by atoms with van der Waals surface area (Å²) in [6, 6.07) is -0.0410. The second kappa shape index (κ2) is 4.14. The quantitative estimate of drug-likeness (QED) is 0.782. The molecule has 0 bridgehead atoms. The van der Waals surface area contributed by atoms with Crippen molar-refractivity contribution in [3.8, 4) is 6.07 Å². The highest BCUT2D eigenvalue weighted by Gasteiger charge is 2.39. The summed E-state index contributed by atoms with van der Waals surface area (Å²) in [5, 5.41) is 12.2. The maximum Gasteiger partial charge on any atom is 0.410 e.